The molecule has 2 nitrogen and oxygen atoms in total. The minimum Gasteiger partial charge on any atom is -0.341 e. The molecule has 102 valence electrons. The van der Waals surface area contributed by atoms with E-state index in [9.17, 15) is 0 Å². The quantitative estimate of drug-likeness (QED) is 0.819. The van der Waals surface area contributed by atoms with Crippen molar-refractivity contribution >= 4 is 10.9 Å². The number of benzene rings is 1. The normalized spacial score (nSPS) is 18.1. The Bertz CT molecular complexity index is 568. The average molecular weight is 256 g/mol. The SMILES string of the molecule is CC(C)(C)c1cc2ccccc2n1C1CCNCC1. The Morgan fingerprint density at radius 2 is 1.79 bits per heavy atom. The molecule has 0 aliphatic carbocycles. The molecule has 2 heterocycles. The summed E-state index contributed by atoms with van der Waals surface area (Å²) >= 11 is 0. The molecule has 1 aromatic carbocycles. The molecular weight excluding hydrogens is 232 g/mol. The van der Waals surface area contributed by atoms with Crippen molar-refractivity contribution in [1.82, 2.24) is 9.88 Å². The Hall–Kier alpha value is -1.28. The molecule has 1 N–H and O–H groups in total. The van der Waals surface area contributed by atoms with E-state index in [0.29, 0.717) is 6.04 Å². The number of nitrogens with one attached hydrogen (secondary N) is 1. The van der Waals surface area contributed by atoms with Gasteiger partial charge in [-0.3, -0.25) is 0 Å². The van der Waals surface area contributed by atoms with Crippen molar-refractivity contribution in [2.75, 3.05) is 13.1 Å². The predicted molar refractivity (Wildman–Crippen MR) is 81.8 cm³/mol. The van der Waals surface area contributed by atoms with Gasteiger partial charge in [-0.1, -0.05) is 39.0 Å². The molecule has 1 saturated heterocycles. The Morgan fingerprint density at radius 3 is 2.47 bits per heavy atom. The highest BCUT2D eigenvalue weighted by Gasteiger charge is 2.25. The summed E-state index contributed by atoms with van der Waals surface area (Å²) in [5, 5.41) is 4.85. The first-order valence-electron chi connectivity index (χ1n) is 7.38. The van der Waals surface area contributed by atoms with Crippen molar-refractivity contribution in [3.8, 4) is 0 Å². The summed E-state index contributed by atoms with van der Waals surface area (Å²) in [5.41, 5.74) is 3.07. The van der Waals surface area contributed by atoms with Crippen LogP contribution >= 0.6 is 0 Å². The van der Waals surface area contributed by atoms with E-state index in [1.807, 2.05) is 0 Å². The fourth-order valence-electron chi connectivity index (χ4n) is 3.21. The number of hydrogen-bond donors (Lipinski definition) is 1. The highest BCUT2D eigenvalue weighted by Crippen LogP contribution is 2.34. The van der Waals surface area contributed by atoms with Gasteiger partial charge >= 0.3 is 0 Å². The van der Waals surface area contributed by atoms with E-state index in [-0.39, 0.29) is 5.41 Å². The maximum Gasteiger partial charge on any atom is 0.0485 e. The van der Waals surface area contributed by atoms with Crippen molar-refractivity contribution in [2.24, 2.45) is 0 Å². The van der Waals surface area contributed by atoms with E-state index in [1.165, 1.54) is 29.4 Å². The van der Waals surface area contributed by atoms with Crippen LogP contribution in [0.5, 0.6) is 0 Å². The first-order valence-corrected chi connectivity index (χ1v) is 7.38. The largest absolute Gasteiger partial charge is 0.341 e. The molecule has 0 radical (unpaired) electrons. The summed E-state index contributed by atoms with van der Waals surface area (Å²) in [5.74, 6) is 0. The van der Waals surface area contributed by atoms with E-state index >= 15 is 0 Å². The monoisotopic (exact) mass is 256 g/mol. The van der Waals surface area contributed by atoms with Gasteiger partial charge in [-0.15, -0.1) is 0 Å². The molecule has 0 unspecified atom stereocenters. The van der Waals surface area contributed by atoms with Crippen LogP contribution in [0.15, 0.2) is 30.3 Å². The number of nitrogens with zero attached hydrogens (tertiary/aromatic N) is 1. The molecule has 0 atom stereocenters. The van der Waals surface area contributed by atoms with E-state index in [1.54, 1.807) is 0 Å². The molecule has 1 fully saturated rings. The van der Waals surface area contributed by atoms with Gasteiger partial charge in [0.25, 0.3) is 0 Å². The van der Waals surface area contributed by atoms with E-state index in [4.69, 9.17) is 0 Å². The van der Waals surface area contributed by atoms with Crippen LogP contribution in [0, 0.1) is 0 Å². The number of para-hydroxylation sites is 1. The van der Waals surface area contributed by atoms with Crippen LogP contribution in [0.3, 0.4) is 0 Å². The first-order chi connectivity index (χ1) is 9.07. The summed E-state index contributed by atoms with van der Waals surface area (Å²) < 4.78 is 2.61. The Labute approximate surface area is 115 Å². The number of hydrogen-bond acceptors (Lipinski definition) is 1. The van der Waals surface area contributed by atoms with Gasteiger partial charge in [-0.05, 0) is 43.5 Å². The van der Waals surface area contributed by atoms with E-state index < -0.39 is 0 Å². The van der Waals surface area contributed by atoms with Crippen molar-refractivity contribution in [3.05, 3.63) is 36.0 Å². The molecule has 0 bridgehead atoms. The fraction of sp³-hybridized carbons (Fsp3) is 0.529. The molecule has 19 heavy (non-hydrogen) atoms. The lowest BCUT2D eigenvalue weighted by molar-refractivity contribution is 0.355. The van der Waals surface area contributed by atoms with Gasteiger partial charge in [-0.2, -0.15) is 0 Å². The highest BCUT2D eigenvalue weighted by atomic mass is 15.1. The number of fused-ring (bicyclic) bond motifs is 1. The smallest absolute Gasteiger partial charge is 0.0485 e. The van der Waals surface area contributed by atoms with Crippen molar-refractivity contribution < 1.29 is 0 Å². The van der Waals surface area contributed by atoms with Crippen LogP contribution < -0.4 is 5.32 Å². The molecule has 0 amide bonds. The van der Waals surface area contributed by atoms with Crippen molar-refractivity contribution in [1.29, 1.82) is 0 Å². The molecule has 1 aromatic heterocycles. The lowest BCUT2D eigenvalue weighted by atomic mass is 9.91. The maximum absolute atomic E-state index is 3.47. The lowest BCUT2D eigenvalue weighted by Crippen LogP contribution is -2.31. The number of piperidine rings is 1. The molecule has 0 spiro atoms. The van der Waals surface area contributed by atoms with Crippen LogP contribution in [0.25, 0.3) is 10.9 Å². The summed E-state index contributed by atoms with van der Waals surface area (Å²) in [6.07, 6.45) is 2.48. The summed E-state index contributed by atoms with van der Waals surface area (Å²) in [7, 11) is 0. The zero-order valence-electron chi connectivity index (χ0n) is 12.2. The molecule has 2 heteroatoms. The summed E-state index contributed by atoms with van der Waals surface area (Å²) in [6.45, 7) is 9.23. The molecule has 1 aliphatic heterocycles. The predicted octanol–water partition coefficient (Wildman–Crippen LogP) is 3.86. The summed E-state index contributed by atoms with van der Waals surface area (Å²) in [6, 6.07) is 11.8. The van der Waals surface area contributed by atoms with Gasteiger partial charge < -0.3 is 9.88 Å². The van der Waals surface area contributed by atoms with Gasteiger partial charge in [0, 0.05) is 22.7 Å². The maximum atomic E-state index is 3.47. The number of aromatic nitrogens is 1. The number of rotatable bonds is 1. The van der Waals surface area contributed by atoms with Crippen molar-refractivity contribution in [2.45, 2.75) is 45.1 Å². The third-order valence-electron chi connectivity index (χ3n) is 4.19. The second kappa shape index (κ2) is 4.68. The third-order valence-corrected chi connectivity index (χ3v) is 4.19. The van der Waals surface area contributed by atoms with Gasteiger partial charge in [-0.25, -0.2) is 0 Å². The molecular formula is C17H24N2. The molecule has 0 saturated carbocycles. The van der Waals surface area contributed by atoms with Crippen LogP contribution in [-0.4, -0.2) is 17.7 Å². The van der Waals surface area contributed by atoms with E-state index in [2.05, 4.69) is 61.0 Å². The van der Waals surface area contributed by atoms with Gasteiger partial charge in [0.1, 0.15) is 0 Å². The van der Waals surface area contributed by atoms with Crippen LogP contribution in [0.1, 0.15) is 45.3 Å². The second-order valence-corrected chi connectivity index (χ2v) is 6.69. The molecule has 2 aromatic rings. The Morgan fingerprint density at radius 1 is 1.11 bits per heavy atom. The van der Waals surface area contributed by atoms with Crippen LogP contribution in [0.4, 0.5) is 0 Å². The van der Waals surface area contributed by atoms with Gasteiger partial charge in [0.15, 0.2) is 0 Å². The lowest BCUT2D eigenvalue weighted by Gasteiger charge is -2.31. The first kappa shape index (κ1) is 12.7. The van der Waals surface area contributed by atoms with Crippen molar-refractivity contribution in [3.63, 3.8) is 0 Å². The summed E-state index contributed by atoms with van der Waals surface area (Å²) in [4.78, 5) is 0. The molecule has 1 aliphatic rings. The second-order valence-electron chi connectivity index (χ2n) is 6.69. The zero-order valence-corrected chi connectivity index (χ0v) is 12.2. The van der Waals surface area contributed by atoms with Crippen LogP contribution in [0.2, 0.25) is 0 Å². The fourth-order valence-corrected chi connectivity index (χ4v) is 3.21. The topological polar surface area (TPSA) is 17.0 Å². The standard InChI is InChI=1S/C17H24N2/c1-17(2,3)16-12-13-6-4-5-7-15(13)19(16)14-8-10-18-11-9-14/h4-7,12,14,18H,8-11H2,1-3H3. The minimum atomic E-state index is 0.198. The third kappa shape index (κ3) is 2.30. The zero-order chi connectivity index (χ0) is 13.5. The Kier molecular flexibility index (Phi) is 3.14. The molecule has 3 rings (SSSR count). The highest BCUT2D eigenvalue weighted by molar-refractivity contribution is 5.81. The minimum absolute atomic E-state index is 0.198. The van der Waals surface area contributed by atoms with Gasteiger partial charge in [0.2, 0.25) is 0 Å². The van der Waals surface area contributed by atoms with Crippen LogP contribution in [-0.2, 0) is 5.41 Å². The van der Waals surface area contributed by atoms with Gasteiger partial charge in [0.05, 0.1) is 0 Å². The van der Waals surface area contributed by atoms with E-state index in [0.717, 1.165) is 13.1 Å². The average Bonchev–Trinajstić information content (AvgIpc) is 2.79. The Balaban J connectivity index is 2.18.